The summed E-state index contributed by atoms with van der Waals surface area (Å²) in [7, 11) is -2.20. The molecule has 0 bridgehead atoms. The molecule has 0 aromatic carbocycles. The molecule has 1 heterocycles. The van der Waals surface area contributed by atoms with Gasteiger partial charge in [0.15, 0.2) is 0 Å². The molecule has 18 heavy (non-hydrogen) atoms. The Morgan fingerprint density at radius 3 is 2.28 bits per heavy atom. The first-order valence-electron chi connectivity index (χ1n) is 6.33. The van der Waals surface area contributed by atoms with E-state index in [1.165, 1.54) is 0 Å². The summed E-state index contributed by atoms with van der Waals surface area (Å²) in [5.74, 6) is 0. The SMILES string of the molecule is CC(C)(C)[Si](C)(C)[C@@]1(O)C[C@H](S)[C@H](O)[C@@H](CO)O1. The topological polar surface area (TPSA) is 69.9 Å². The zero-order valence-electron chi connectivity index (χ0n) is 11.8. The molecule has 0 saturated carbocycles. The van der Waals surface area contributed by atoms with Crippen molar-refractivity contribution in [3.8, 4) is 0 Å². The van der Waals surface area contributed by atoms with Crippen molar-refractivity contribution in [2.24, 2.45) is 0 Å². The maximum atomic E-state index is 10.9. The molecule has 0 aromatic heterocycles. The van der Waals surface area contributed by atoms with Crippen LogP contribution in [0.2, 0.25) is 18.1 Å². The van der Waals surface area contributed by atoms with E-state index >= 15 is 0 Å². The van der Waals surface area contributed by atoms with Gasteiger partial charge >= 0.3 is 0 Å². The van der Waals surface area contributed by atoms with Gasteiger partial charge in [0, 0.05) is 11.7 Å². The van der Waals surface area contributed by atoms with E-state index in [1.807, 2.05) is 0 Å². The minimum atomic E-state index is -2.20. The van der Waals surface area contributed by atoms with Gasteiger partial charge in [-0.05, 0) is 5.04 Å². The largest absolute Gasteiger partial charge is 0.394 e. The monoisotopic (exact) mass is 294 g/mol. The highest BCUT2D eigenvalue weighted by Crippen LogP contribution is 2.47. The van der Waals surface area contributed by atoms with Crippen LogP contribution in [0.5, 0.6) is 0 Å². The Kier molecular flexibility index (Phi) is 4.63. The van der Waals surface area contributed by atoms with Gasteiger partial charge in [0.25, 0.3) is 0 Å². The van der Waals surface area contributed by atoms with E-state index in [9.17, 15) is 15.3 Å². The van der Waals surface area contributed by atoms with Crippen LogP contribution in [0.1, 0.15) is 27.2 Å². The van der Waals surface area contributed by atoms with Crippen molar-refractivity contribution in [1.82, 2.24) is 0 Å². The number of rotatable bonds is 2. The number of hydrogen-bond donors (Lipinski definition) is 4. The number of aliphatic hydroxyl groups excluding tert-OH is 2. The lowest BCUT2D eigenvalue weighted by Crippen LogP contribution is -2.68. The maximum Gasteiger partial charge on any atom is 0.150 e. The Balaban J connectivity index is 3.07. The van der Waals surface area contributed by atoms with Gasteiger partial charge in [-0.25, -0.2) is 0 Å². The van der Waals surface area contributed by atoms with Crippen LogP contribution in [0.4, 0.5) is 0 Å². The fraction of sp³-hybridized carbons (Fsp3) is 1.00. The average Bonchev–Trinajstić information content (AvgIpc) is 2.21. The van der Waals surface area contributed by atoms with Crippen LogP contribution in [0.25, 0.3) is 0 Å². The predicted octanol–water partition coefficient (Wildman–Crippen LogP) is 1.16. The minimum absolute atomic E-state index is 0.0580. The van der Waals surface area contributed by atoms with Crippen LogP contribution in [-0.4, -0.2) is 52.9 Å². The first-order chi connectivity index (χ1) is 7.96. The van der Waals surface area contributed by atoms with E-state index in [1.54, 1.807) is 0 Å². The van der Waals surface area contributed by atoms with E-state index in [2.05, 4.69) is 46.5 Å². The van der Waals surface area contributed by atoms with Gasteiger partial charge in [0.05, 0.1) is 12.7 Å². The van der Waals surface area contributed by atoms with E-state index in [-0.39, 0.29) is 16.9 Å². The molecule has 1 fully saturated rings. The standard InChI is InChI=1S/C12H26O4SSi/c1-11(2,3)18(4,5)12(15)6-9(17)10(14)8(7-13)16-12/h8-10,13-15,17H,6-7H2,1-5H3/t8-,9+,10-,12-/m1/s1. The number of aliphatic hydroxyl groups is 3. The van der Waals surface area contributed by atoms with E-state index < -0.39 is 25.7 Å². The molecular weight excluding hydrogens is 268 g/mol. The van der Waals surface area contributed by atoms with Crippen LogP contribution in [0.15, 0.2) is 0 Å². The summed E-state index contributed by atoms with van der Waals surface area (Å²) in [5.41, 5.74) is -1.27. The molecule has 1 saturated heterocycles. The van der Waals surface area contributed by atoms with Crippen molar-refractivity contribution in [2.45, 2.75) is 68.2 Å². The Labute approximate surface area is 116 Å². The smallest absolute Gasteiger partial charge is 0.150 e. The van der Waals surface area contributed by atoms with E-state index in [4.69, 9.17) is 4.74 Å². The third kappa shape index (κ3) is 2.64. The van der Waals surface area contributed by atoms with Crippen molar-refractivity contribution in [1.29, 1.82) is 0 Å². The first-order valence-corrected chi connectivity index (χ1v) is 9.85. The fourth-order valence-corrected chi connectivity index (χ4v) is 5.11. The van der Waals surface area contributed by atoms with E-state index in [0.717, 1.165) is 0 Å². The van der Waals surface area contributed by atoms with Gasteiger partial charge in [-0.1, -0.05) is 33.9 Å². The molecule has 1 rings (SSSR count). The molecule has 0 amide bonds. The van der Waals surface area contributed by atoms with E-state index in [0.29, 0.717) is 6.42 Å². The highest BCUT2D eigenvalue weighted by molar-refractivity contribution is 7.81. The Hall–Kier alpha value is 0.407. The molecule has 0 unspecified atom stereocenters. The second kappa shape index (κ2) is 5.07. The molecule has 0 aromatic rings. The van der Waals surface area contributed by atoms with Crippen molar-refractivity contribution >= 4 is 20.7 Å². The van der Waals surface area contributed by atoms with Crippen LogP contribution < -0.4 is 0 Å². The lowest BCUT2D eigenvalue weighted by atomic mass is 10.0. The second-order valence-corrected chi connectivity index (χ2v) is 13.0. The lowest BCUT2D eigenvalue weighted by Gasteiger charge is -2.53. The summed E-state index contributed by atoms with van der Waals surface area (Å²) < 4.78 is 5.67. The fourth-order valence-electron chi connectivity index (χ4n) is 2.15. The Morgan fingerprint density at radius 2 is 1.89 bits per heavy atom. The zero-order chi connectivity index (χ0) is 14.4. The van der Waals surface area contributed by atoms with Gasteiger partial charge in [-0.3, -0.25) is 0 Å². The summed E-state index contributed by atoms with van der Waals surface area (Å²) in [6.45, 7) is 10.1. The summed E-state index contributed by atoms with van der Waals surface area (Å²) in [6.07, 6.45) is -1.31. The quantitative estimate of drug-likeness (QED) is 0.456. The summed E-state index contributed by atoms with van der Waals surface area (Å²) in [6, 6.07) is 0. The van der Waals surface area contributed by atoms with Gasteiger partial charge in [-0.2, -0.15) is 12.6 Å². The van der Waals surface area contributed by atoms with Crippen molar-refractivity contribution in [3.63, 3.8) is 0 Å². The van der Waals surface area contributed by atoms with Gasteiger partial charge < -0.3 is 20.1 Å². The van der Waals surface area contributed by atoms with Crippen LogP contribution >= 0.6 is 12.6 Å². The van der Waals surface area contributed by atoms with Crippen molar-refractivity contribution < 1.29 is 20.1 Å². The predicted molar refractivity (Wildman–Crippen MR) is 77.5 cm³/mol. The highest BCUT2D eigenvalue weighted by atomic mass is 32.1. The van der Waals surface area contributed by atoms with Gasteiger partial charge in [-0.15, -0.1) is 0 Å². The third-order valence-corrected chi connectivity index (χ3v) is 11.2. The average molecular weight is 294 g/mol. The normalized spacial score (nSPS) is 38.8. The van der Waals surface area contributed by atoms with Gasteiger partial charge in [0.2, 0.25) is 0 Å². The summed E-state index contributed by atoms with van der Waals surface area (Å²) in [4.78, 5) is 0. The molecule has 1 aliphatic heterocycles. The van der Waals surface area contributed by atoms with Crippen LogP contribution in [0, 0.1) is 0 Å². The minimum Gasteiger partial charge on any atom is -0.394 e. The van der Waals surface area contributed by atoms with Crippen molar-refractivity contribution in [2.75, 3.05) is 6.61 Å². The number of hydrogen-bond acceptors (Lipinski definition) is 5. The number of thiol groups is 1. The van der Waals surface area contributed by atoms with Crippen molar-refractivity contribution in [3.05, 3.63) is 0 Å². The molecule has 1 aliphatic rings. The molecular formula is C12H26O4SSi. The third-order valence-electron chi connectivity index (χ3n) is 4.64. The van der Waals surface area contributed by atoms with Gasteiger partial charge in [0.1, 0.15) is 19.6 Å². The highest BCUT2D eigenvalue weighted by Gasteiger charge is 2.58. The molecule has 0 radical (unpaired) electrons. The maximum absolute atomic E-state index is 10.9. The molecule has 6 heteroatoms. The zero-order valence-corrected chi connectivity index (χ0v) is 13.7. The molecule has 0 spiro atoms. The molecule has 108 valence electrons. The molecule has 4 atom stereocenters. The lowest BCUT2D eigenvalue weighted by molar-refractivity contribution is -0.240. The number of ether oxygens (including phenoxy) is 1. The summed E-state index contributed by atoms with van der Waals surface area (Å²) in [5, 5.41) is 29.6. The second-order valence-electron chi connectivity index (χ2n) is 6.76. The molecule has 0 aliphatic carbocycles. The molecule has 3 N–H and O–H groups in total. The van der Waals surface area contributed by atoms with Crippen LogP contribution in [-0.2, 0) is 4.74 Å². The molecule has 4 nitrogen and oxygen atoms in total. The Morgan fingerprint density at radius 1 is 1.39 bits per heavy atom. The summed E-state index contributed by atoms with van der Waals surface area (Å²) >= 11 is 4.33. The Bertz CT molecular complexity index is 305. The van der Waals surface area contributed by atoms with Crippen LogP contribution in [0.3, 0.4) is 0 Å². The first kappa shape index (κ1) is 16.5.